The summed E-state index contributed by atoms with van der Waals surface area (Å²) in [6, 6.07) is 10.5. The number of thioether (sulfide) groups is 1. The molecule has 154 valence electrons. The monoisotopic (exact) mass is 412 g/mol. The maximum Gasteiger partial charge on any atom is 0.236 e. The summed E-state index contributed by atoms with van der Waals surface area (Å²) < 4.78 is 1.65. The largest absolute Gasteiger partial charge is 0.326 e. The highest BCUT2D eigenvalue weighted by Gasteiger charge is 2.40. The van der Waals surface area contributed by atoms with E-state index in [9.17, 15) is 10.1 Å². The molecule has 0 N–H and O–H groups in total. The molecule has 1 aliphatic carbocycles. The third kappa shape index (κ3) is 4.45. The van der Waals surface area contributed by atoms with Gasteiger partial charge in [0, 0.05) is 7.05 Å². The van der Waals surface area contributed by atoms with Crippen LogP contribution in [-0.2, 0) is 4.79 Å². The van der Waals surface area contributed by atoms with E-state index in [1.54, 1.807) is 16.6 Å². The van der Waals surface area contributed by atoms with Crippen molar-refractivity contribution in [1.82, 2.24) is 25.1 Å². The predicted molar refractivity (Wildman–Crippen MR) is 113 cm³/mol. The van der Waals surface area contributed by atoms with E-state index in [0.717, 1.165) is 37.8 Å². The van der Waals surface area contributed by atoms with E-state index in [4.69, 9.17) is 0 Å². The molecule has 3 rings (SSSR count). The first-order valence-electron chi connectivity index (χ1n) is 10.1. The highest BCUT2D eigenvalue weighted by Crippen LogP contribution is 2.34. The van der Waals surface area contributed by atoms with Crippen LogP contribution < -0.4 is 0 Å². The van der Waals surface area contributed by atoms with Crippen molar-refractivity contribution in [3.8, 4) is 11.8 Å². The van der Waals surface area contributed by atoms with Gasteiger partial charge in [0.1, 0.15) is 5.54 Å². The molecule has 1 aromatic heterocycles. The van der Waals surface area contributed by atoms with Gasteiger partial charge in [-0.25, -0.2) is 0 Å². The number of hydrogen-bond acceptors (Lipinski definition) is 6. The number of tetrazole rings is 1. The standard InChI is InChI=1S/C21H28N6OS/c1-15(2)17-8-10-18(11-9-17)27-20(23-24-25-27)29-16(3)19(28)26(4)21(14-22)12-6-5-7-13-21/h8-11,15-16H,5-7,12-13H2,1-4H3/t16-/m1/s1. The molecule has 0 spiro atoms. The lowest BCUT2D eigenvalue weighted by molar-refractivity contribution is -0.133. The van der Waals surface area contributed by atoms with Crippen molar-refractivity contribution >= 4 is 17.7 Å². The zero-order valence-corrected chi connectivity index (χ0v) is 18.3. The molecule has 0 aliphatic heterocycles. The van der Waals surface area contributed by atoms with Crippen LogP contribution in [0.1, 0.15) is 64.4 Å². The molecule has 1 aromatic carbocycles. The molecule has 29 heavy (non-hydrogen) atoms. The van der Waals surface area contributed by atoms with Crippen molar-refractivity contribution in [1.29, 1.82) is 5.26 Å². The average Bonchev–Trinajstić information content (AvgIpc) is 3.21. The minimum absolute atomic E-state index is 0.0665. The summed E-state index contributed by atoms with van der Waals surface area (Å²) in [6.07, 6.45) is 4.57. The molecular weight excluding hydrogens is 384 g/mol. The van der Waals surface area contributed by atoms with Gasteiger partial charge < -0.3 is 4.90 Å². The lowest BCUT2D eigenvalue weighted by Gasteiger charge is -2.40. The van der Waals surface area contributed by atoms with Crippen molar-refractivity contribution in [2.75, 3.05) is 7.05 Å². The van der Waals surface area contributed by atoms with Crippen LogP contribution in [0.15, 0.2) is 29.4 Å². The van der Waals surface area contributed by atoms with E-state index in [0.29, 0.717) is 11.1 Å². The molecule has 1 atom stereocenters. The predicted octanol–water partition coefficient (Wildman–Crippen LogP) is 3.95. The Kier molecular flexibility index (Phi) is 6.58. The molecule has 1 fully saturated rings. The van der Waals surface area contributed by atoms with Crippen molar-refractivity contribution in [3.63, 3.8) is 0 Å². The number of carbonyl (C=O) groups excluding carboxylic acids is 1. The van der Waals surface area contributed by atoms with Gasteiger partial charge in [-0.15, -0.1) is 5.10 Å². The van der Waals surface area contributed by atoms with Crippen LogP contribution in [0.5, 0.6) is 0 Å². The molecule has 0 radical (unpaired) electrons. The van der Waals surface area contributed by atoms with E-state index < -0.39 is 10.8 Å². The van der Waals surface area contributed by atoms with Gasteiger partial charge in [0.05, 0.1) is 17.0 Å². The first kappa shape index (κ1) is 21.3. The third-order valence-corrected chi connectivity index (χ3v) is 6.76. The number of aromatic nitrogens is 4. The number of rotatable bonds is 6. The van der Waals surface area contributed by atoms with E-state index in [2.05, 4.69) is 47.6 Å². The van der Waals surface area contributed by atoms with Crippen LogP contribution >= 0.6 is 11.8 Å². The Labute approximate surface area is 176 Å². The summed E-state index contributed by atoms with van der Waals surface area (Å²) in [4.78, 5) is 14.7. The second kappa shape index (κ2) is 8.95. The molecule has 1 aliphatic rings. The number of hydrogen-bond donors (Lipinski definition) is 0. The van der Waals surface area contributed by atoms with Gasteiger partial charge in [-0.1, -0.05) is 57.0 Å². The molecule has 2 aromatic rings. The van der Waals surface area contributed by atoms with E-state index in [1.165, 1.54) is 17.3 Å². The second-order valence-electron chi connectivity index (χ2n) is 7.98. The topological polar surface area (TPSA) is 87.7 Å². The average molecular weight is 413 g/mol. The molecule has 0 saturated heterocycles. The van der Waals surface area contributed by atoms with Crippen LogP contribution in [0.2, 0.25) is 0 Å². The highest BCUT2D eigenvalue weighted by molar-refractivity contribution is 8.00. The fourth-order valence-corrected chi connectivity index (χ4v) is 4.67. The molecule has 1 amide bonds. The minimum Gasteiger partial charge on any atom is -0.326 e. The van der Waals surface area contributed by atoms with Gasteiger partial charge >= 0.3 is 0 Å². The summed E-state index contributed by atoms with van der Waals surface area (Å²) in [6.45, 7) is 6.15. The lowest BCUT2D eigenvalue weighted by Crippen LogP contribution is -2.52. The Morgan fingerprint density at radius 2 is 1.86 bits per heavy atom. The first-order chi connectivity index (χ1) is 13.9. The number of nitriles is 1. The second-order valence-corrected chi connectivity index (χ2v) is 9.29. The smallest absolute Gasteiger partial charge is 0.236 e. The highest BCUT2D eigenvalue weighted by atomic mass is 32.2. The Morgan fingerprint density at radius 3 is 2.45 bits per heavy atom. The summed E-state index contributed by atoms with van der Waals surface area (Å²) in [5.74, 6) is 0.385. The first-order valence-corrected chi connectivity index (χ1v) is 11.0. The molecule has 8 heteroatoms. The number of benzene rings is 1. The van der Waals surface area contributed by atoms with Gasteiger partial charge in [0.2, 0.25) is 11.1 Å². The van der Waals surface area contributed by atoms with Crippen LogP contribution in [0.3, 0.4) is 0 Å². The number of nitrogens with zero attached hydrogens (tertiary/aromatic N) is 6. The van der Waals surface area contributed by atoms with Crippen LogP contribution in [0.4, 0.5) is 0 Å². The van der Waals surface area contributed by atoms with Gasteiger partial charge in [-0.3, -0.25) is 4.79 Å². The summed E-state index contributed by atoms with van der Waals surface area (Å²) in [5.41, 5.74) is 1.41. The van der Waals surface area contributed by atoms with Crippen molar-refractivity contribution in [2.24, 2.45) is 0 Å². The van der Waals surface area contributed by atoms with Crippen LogP contribution in [0.25, 0.3) is 5.69 Å². The van der Waals surface area contributed by atoms with Gasteiger partial charge in [0.25, 0.3) is 0 Å². The van der Waals surface area contributed by atoms with Crippen molar-refractivity contribution in [3.05, 3.63) is 29.8 Å². The quantitative estimate of drug-likeness (QED) is 0.668. The van der Waals surface area contributed by atoms with Crippen molar-refractivity contribution < 1.29 is 4.79 Å². The zero-order chi connectivity index (χ0) is 21.0. The fourth-order valence-electron chi connectivity index (χ4n) is 3.77. The van der Waals surface area contributed by atoms with Gasteiger partial charge in [-0.05, 0) is 53.8 Å². The SMILES string of the molecule is CC(C)c1ccc(-n2nnnc2S[C@H](C)C(=O)N(C)C2(C#N)CCCCC2)cc1. The number of amides is 1. The molecule has 0 bridgehead atoms. The normalized spacial score (nSPS) is 17.0. The van der Waals surface area contributed by atoms with E-state index in [-0.39, 0.29) is 5.91 Å². The Hall–Kier alpha value is -2.40. The van der Waals surface area contributed by atoms with Crippen LogP contribution in [-0.4, -0.2) is 48.9 Å². The van der Waals surface area contributed by atoms with E-state index in [1.807, 2.05) is 19.1 Å². The maximum absolute atomic E-state index is 13.1. The molecule has 1 saturated carbocycles. The molecule has 0 unspecified atom stereocenters. The minimum atomic E-state index is -0.692. The maximum atomic E-state index is 13.1. The summed E-state index contributed by atoms with van der Waals surface area (Å²) in [7, 11) is 1.75. The molecule has 7 nitrogen and oxygen atoms in total. The lowest BCUT2D eigenvalue weighted by atomic mass is 9.81. The van der Waals surface area contributed by atoms with Gasteiger partial charge in [0.15, 0.2) is 0 Å². The number of carbonyl (C=O) groups is 1. The van der Waals surface area contributed by atoms with Gasteiger partial charge in [-0.2, -0.15) is 9.94 Å². The summed E-state index contributed by atoms with van der Waals surface area (Å²) in [5, 5.41) is 21.9. The Balaban J connectivity index is 1.74. The molecular formula is C21H28N6OS. The van der Waals surface area contributed by atoms with Crippen LogP contribution in [0, 0.1) is 11.3 Å². The Morgan fingerprint density at radius 1 is 1.21 bits per heavy atom. The molecule has 1 heterocycles. The Bertz CT molecular complexity index is 879. The van der Waals surface area contributed by atoms with E-state index >= 15 is 0 Å². The summed E-state index contributed by atoms with van der Waals surface area (Å²) >= 11 is 1.32. The zero-order valence-electron chi connectivity index (χ0n) is 17.5. The third-order valence-electron chi connectivity index (χ3n) is 5.74. The fraction of sp³-hybridized carbons (Fsp3) is 0.571. The van der Waals surface area contributed by atoms with Crippen molar-refractivity contribution in [2.45, 2.75) is 74.7 Å².